The lowest BCUT2D eigenvalue weighted by Gasteiger charge is -2.10. The number of hydrogen-bond donors (Lipinski definition) is 1. The number of ether oxygens (including phenoxy) is 2. The molecule has 0 spiro atoms. The second-order valence-electron chi connectivity index (χ2n) is 4.94. The van der Waals surface area contributed by atoms with E-state index in [-0.39, 0.29) is 0 Å². The van der Waals surface area contributed by atoms with Gasteiger partial charge in [0.15, 0.2) is 0 Å². The lowest BCUT2D eigenvalue weighted by molar-refractivity contribution is 0.196. The number of aryl methyl sites for hydroxylation is 1. The van der Waals surface area contributed by atoms with Crippen molar-refractivity contribution in [2.75, 3.05) is 26.8 Å². The van der Waals surface area contributed by atoms with Gasteiger partial charge in [-0.25, -0.2) is 0 Å². The Morgan fingerprint density at radius 1 is 1.39 bits per heavy atom. The Hall–Kier alpha value is -1.06. The van der Waals surface area contributed by atoms with Gasteiger partial charge in [-0.15, -0.1) is 0 Å². The molecule has 0 aliphatic carbocycles. The maximum atomic E-state index is 5.94. The minimum atomic E-state index is 0.367. The Labute approximate surface area is 109 Å². The van der Waals surface area contributed by atoms with Gasteiger partial charge >= 0.3 is 0 Å². The molecule has 2 rings (SSSR count). The zero-order valence-electron chi connectivity index (χ0n) is 11.4. The quantitative estimate of drug-likeness (QED) is 0.752. The van der Waals surface area contributed by atoms with Crippen LogP contribution in [0.1, 0.15) is 24.0 Å². The predicted molar refractivity (Wildman–Crippen MR) is 73.3 cm³/mol. The van der Waals surface area contributed by atoms with Crippen molar-refractivity contribution in [2.45, 2.75) is 32.3 Å². The van der Waals surface area contributed by atoms with Crippen LogP contribution in [-0.2, 0) is 11.2 Å². The molecule has 0 bridgehead atoms. The molecule has 100 valence electrons. The molecule has 3 heteroatoms. The first kappa shape index (κ1) is 13.4. The molecule has 0 aromatic heterocycles. The zero-order chi connectivity index (χ0) is 12.8. The van der Waals surface area contributed by atoms with Crippen LogP contribution in [0.5, 0.6) is 5.75 Å². The van der Waals surface area contributed by atoms with E-state index in [0.29, 0.717) is 6.10 Å². The monoisotopic (exact) mass is 249 g/mol. The van der Waals surface area contributed by atoms with Gasteiger partial charge in [-0.1, -0.05) is 17.7 Å². The SMILES string of the molecule is COCCNCCCC1Cc2cc(C)ccc2O1. The van der Waals surface area contributed by atoms with E-state index >= 15 is 0 Å². The molecule has 0 fully saturated rings. The van der Waals surface area contributed by atoms with Gasteiger partial charge in [0.1, 0.15) is 11.9 Å². The van der Waals surface area contributed by atoms with Gasteiger partial charge in [-0.2, -0.15) is 0 Å². The summed E-state index contributed by atoms with van der Waals surface area (Å²) in [5.41, 5.74) is 2.69. The third-order valence-corrected chi connectivity index (χ3v) is 3.32. The summed E-state index contributed by atoms with van der Waals surface area (Å²) in [7, 11) is 1.73. The van der Waals surface area contributed by atoms with E-state index in [9.17, 15) is 0 Å². The molecule has 18 heavy (non-hydrogen) atoms. The molecule has 0 saturated heterocycles. The van der Waals surface area contributed by atoms with Crippen LogP contribution in [0, 0.1) is 6.92 Å². The van der Waals surface area contributed by atoms with Gasteiger partial charge < -0.3 is 14.8 Å². The van der Waals surface area contributed by atoms with Gasteiger partial charge in [0.05, 0.1) is 6.61 Å². The third-order valence-electron chi connectivity index (χ3n) is 3.32. The van der Waals surface area contributed by atoms with Crippen molar-refractivity contribution in [3.8, 4) is 5.75 Å². The Balaban J connectivity index is 1.65. The van der Waals surface area contributed by atoms with Crippen LogP contribution in [0.2, 0.25) is 0 Å². The van der Waals surface area contributed by atoms with E-state index in [1.807, 2.05) is 0 Å². The molecule has 1 aliphatic rings. The van der Waals surface area contributed by atoms with Gasteiger partial charge in [0.25, 0.3) is 0 Å². The van der Waals surface area contributed by atoms with Gasteiger partial charge in [-0.05, 0) is 37.9 Å². The Morgan fingerprint density at radius 2 is 2.28 bits per heavy atom. The highest BCUT2D eigenvalue weighted by Crippen LogP contribution is 2.30. The molecule has 1 heterocycles. The average molecular weight is 249 g/mol. The molecular formula is C15H23NO2. The van der Waals surface area contributed by atoms with Crippen LogP contribution in [-0.4, -0.2) is 32.9 Å². The van der Waals surface area contributed by atoms with E-state index in [2.05, 4.69) is 30.4 Å². The molecule has 0 saturated carbocycles. The fraction of sp³-hybridized carbons (Fsp3) is 0.600. The lowest BCUT2D eigenvalue weighted by Crippen LogP contribution is -2.22. The van der Waals surface area contributed by atoms with E-state index < -0.39 is 0 Å². The van der Waals surface area contributed by atoms with Crippen molar-refractivity contribution < 1.29 is 9.47 Å². The number of fused-ring (bicyclic) bond motifs is 1. The molecule has 1 N–H and O–H groups in total. The van der Waals surface area contributed by atoms with Crippen molar-refractivity contribution in [3.63, 3.8) is 0 Å². The van der Waals surface area contributed by atoms with E-state index in [1.165, 1.54) is 11.1 Å². The summed E-state index contributed by atoms with van der Waals surface area (Å²) >= 11 is 0. The summed E-state index contributed by atoms with van der Waals surface area (Å²) in [5, 5.41) is 3.36. The Morgan fingerprint density at radius 3 is 3.11 bits per heavy atom. The van der Waals surface area contributed by atoms with Crippen molar-refractivity contribution >= 4 is 0 Å². The van der Waals surface area contributed by atoms with Crippen LogP contribution in [0.4, 0.5) is 0 Å². The van der Waals surface area contributed by atoms with Crippen molar-refractivity contribution in [1.29, 1.82) is 0 Å². The Kier molecular flexibility index (Phi) is 5.02. The van der Waals surface area contributed by atoms with Crippen LogP contribution >= 0.6 is 0 Å². The maximum Gasteiger partial charge on any atom is 0.123 e. The molecule has 1 aromatic carbocycles. The first-order valence-corrected chi connectivity index (χ1v) is 6.75. The average Bonchev–Trinajstić information content (AvgIpc) is 2.75. The van der Waals surface area contributed by atoms with Crippen molar-refractivity contribution in [3.05, 3.63) is 29.3 Å². The highest BCUT2D eigenvalue weighted by molar-refractivity contribution is 5.40. The van der Waals surface area contributed by atoms with Gasteiger partial charge in [0, 0.05) is 20.1 Å². The number of nitrogens with one attached hydrogen (secondary N) is 1. The lowest BCUT2D eigenvalue weighted by atomic mass is 10.0. The summed E-state index contributed by atoms with van der Waals surface area (Å²) in [6, 6.07) is 6.46. The van der Waals surface area contributed by atoms with Gasteiger partial charge in [0.2, 0.25) is 0 Å². The number of methoxy groups -OCH3 is 1. The Bertz CT molecular complexity index is 379. The summed E-state index contributed by atoms with van der Waals surface area (Å²) in [4.78, 5) is 0. The fourth-order valence-electron chi connectivity index (χ4n) is 2.36. The smallest absolute Gasteiger partial charge is 0.123 e. The second-order valence-corrected chi connectivity index (χ2v) is 4.94. The van der Waals surface area contributed by atoms with E-state index in [0.717, 1.165) is 44.7 Å². The van der Waals surface area contributed by atoms with E-state index in [4.69, 9.17) is 9.47 Å². The van der Waals surface area contributed by atoms with E-state index in [1.54, 1.807) is 7.11 Å². The zero-order valence-corrected chi connectivity index (χ0v) is 11.4. The maximum absolute atomic E-state index is 5.94. The number of hydrogen-bond acceptors (Lipinski definition) is 3. The second kappa shape index (κ2) is 6.76. The molecule has 3 nitrogen and oxygen atoms in total. The van der Waals surface area contributed by atoms with Crippen LogP contribution in [0.25, 0.3) is 0 Å². The standard InChI is InChI=1S/C15H23NO2/c1-12-5-6-15-13(10-12)11-14(18-15)4-3-7-16-8-9-17-2/h5-6,10,14,16H,3-4,7-9,11H2,1-2H3. The first-order valence-electron chi connectivity index (χ1n) is 6.75. The highest BCUT2D eigenvalue weighted by atomic mass is 16.5. The van der Waals surface area contributed by atoms with Crippen molar-refractivity contribution in [1.82, 2.24) is 5.32 Å². The van der Waals surface area contributed by atoms with Crippen LogP contribution in [0.15, 0.2) is 18.2 Å². The summed E-state index contributed by atoms with van der Waals surface area (Å²) in [6.07, 6.45) is 3.70. The predicted octanol–water partition coefficient (Wildman–Crippen LogP) is 2.31. The minimum Gasteiger partial charge on any atom is -0.490 e. The molecule has 1 atom stereocenters. The first-order chi connectivity index (χ1) is 8.79. The summed E-state index contributed by atoms with van der Waals surface area (Å²) < 4.78 is 10.9. The third kappa shape index (κ3) is 3.72. The molecule has 1 aliphatic heterocycles. The highest BCUT2D eigenvalue weighted by Gasteiger charge is 2.21. The van der Waals surface area contributed by atoms with Crippen LogP contribution in [0.3, 0.4) is 0 Å². The molecule has 0 amide bonds. The van der Waals surface area contributed by atoms with Crippen LogP contribution < -0.4 is 10.1 Å². The minimum absolute atomic E-state index is 0.367. The fourth-order valence-corrected chi connectivity index (χ4v) is 2.36. The summed E-state index contributed by atoms with van der Waals surface area (Å²) in [5.74, 6) is 1.08. The largest absolute Gasteiger partial charge is 0.490 e. The van der Waals surface area contributed by atoms with Crippen molar-refractivity contribution in [2.24, 2.45) is 0 Å². The number of rotatable bonds is 7. The summed E-state index contributed by atoms with van der Waals surface area (Å²) in [6.45, 7) is 4.89. The number of benzene rings is 1. The molecule has 0 radical (unpaired) electrons. The molecule has 1 unspecified atom stereocenters. The van der Waals surface area contributed by atoms with Gasteiger partial charge in [-0.3, -0.25) is 0 Å². The normalized spacial score (nSPS) is 17.6. The topological polar surface area (TPSA) is 30.5 Å². The molecule has 1 aromatic rings. The molecular weight excluding hydrogens is 226 g/mol.